The molecule has 0 spiro atoms. The molecule has 0 radical (unpaired) electrons. The number of hydrogen-bond donors (Lipinski definition) is 0. The van der Waals surface area contributed by atoms with E-state index in [9.17, 15) is 27.3 Å². The van der Waals surface area contributed by atoms with E-state index in [4.69, 9.17) is 4.18 Å². The molecule has 0 atom stereocenters. The molecule has 0 fully saturated rings. The molecule has 2 aromatic carbocycles. The Hall–Kier alpha value is -2.85. The Kier molecular flexibility index (Phi) is 4.70. The molecule has 1 aromatic heterocycles. The smallest absolute Gasteiger partial charge is 0.339 e. The number of benzene rings is 2. The number of non-ortho nitro benzene ring substituents is 1. The van der Waals surface area contributed by atoms with Gasteiger partial charge >= 0.3 is 10.1 Å². The Bertz CT molecular complexity index is 1060. The maximum Gasteiger partial charge on any atom is 0.339 e. The van der Waals surface area contributed by atoms with Crippen molar-refractivity contribution in [2.24, 2.45) is 0 Å². The molecule has 3 rings (SSSR count). The molecule has 0 aliphatic heterocycles. The lowest BCUT2D eigenvalue weighted by molar-refractivity contribution is -0.384. The normalized spacial score (nSPS) is 11.3. The van der Waals surface area contributed by atoms with Gasteiger partial charge in [0.1, 0.15) is 16.5 Å². The van der Waals surface area contributed by atoms with Gasteiger partial charge in [-0.3, -0.25) is 10.1 Å². The van der Waals surface area contributed by atoms with Gasteiger partial charge in [-0.25, -0.2) is 8.78 Å². The highest BCUT2D eigenvalue weighted by atomic mass is 32.2. The third-order valence-electron chi connectivity index (χ3n) is 3.28. The maximum atomic E-state index is 13.3. The lowest BCUT2D eigenvalue weighted by Gasteiger charge is -2.11. The summed E-state index contributed by atoms with van der Waals surface area (Å²) in [5.74, 6) is -2.34. The minimum absolute atomic E-state index is 0.176. The van der Waals surface area contributed by atoms with Crippen molar-refractivity contribution in [3.05, 3.63) is 75.7 Å². The molecule has 0 saturated heterocycles. The van der Waals surface area contributed by atoms with Crippen LogP contribution in [0.25, 0.3) is 10.4 Å². The molecular formula is C16H9F2NO5S2. The molecular weight excluding hydrogens is 388 g/mol. The van der Waals surface area contributed by atoms with Crippen molar-refractivity contribution >= 4 is 27.1 Å². The van der Waals surface area contributed by atoms with E-state index in [1.54, 1.807) is 17.5 Å². The number of nitro benzene ring substituents is 1. The van der Waals surface area contributed by atoms with Crippen LogP contribution >= 0.6 is 11.3 Å². The van der Waals surface area contributed by atoms with Crippen LogP contribution in [0, 0.1) is 21.7 Å². The number of rotatable bonds is 5. The molecule has 0 aliphatic carbocycles. The molecule has 0 saturated carbocycles. The highest BCUT2D eigenvalue weighted by Crippen LogP contribution is 2.37. The molecule has 1 heterocycles. The van der Waals surface area contributed by atoms with Crippen molar-refractivity contribution < 1.29 is 26.3 Å². The highest BCUT2D eigenvalue weighted by Gasteiger charge is 2.23. The lowest BCUT2D eigenvalue weighted by Crippen LogP contribution is -2.11. The Morgan fingerprint density at radius 2 is 1.73 bits per heavy atom. The van der Waals surface area contributed by atoms with Gasteiger partial charge in [-0.2, -0.15) is 8.42 Å². The third-order valence-corrected chi connectivity index (χ3v) is 5.40. The SMILES string of the molecule is O=[N+]([O-])c1ccc(OS(=O)(=O)c2cc(F)cc(F)c2)c(-c2cccs2)c1. The molecule has 0 amide bonds. The number of hydrogen-bond acceptors (Lipinski definition) is 6. The minimum Gasteiger partial charge on any atom is -0.378 e. The van der Waals surface area contributed by atoms with E-state index in [1.807, 2.05) is 0 Å². The van der Waals surface area contributed by atoms with Gasteiger partial charge in [0.15, 0.2) is 5.75 Å². The van der Waals surface area contributed by atoms with E-state index in [0.717, 1.165) is 12.1 Å². The molecule has 10 heteroatoms. The van der Waals surface area contributed by atoms with E-state index >= 15 is 0 Å². The molecule has 134 valence electrons. The first-order chi connectivity index (χ1) is 12.3. The first kappa shape index (κ1) is 18.0. The zero-order valence-corrected chi connectivity index (χ0v) is 14.4. The lowest BCUT2D eigenvalue weighted by atomic mass is 10.1. The summed E-state index contributed by atoms with van der Waals surface area (Å²) < 4.78 is 56.3. The fourth-order valence-electron chi connectivity index (χ4n) is 2.17. The number of nitro groups is 1. The monoisotopic (exact) mass is 397 g/mol. The summed E-state index contributed by atoms with van der Waals surface area (Å²) in [5.41, 5.74) is -0.0791. The topological polar surface area (TPSA) is 86.5 Å². The van der Waals surface area contributed by atoms with E-state index < -0.39 is 31.6 Å². The first-order valence-corrected chi connectivity index (χ1v) is 9.28. The average Bonchev–Trinajstić information content (AvgIpc) is 3.08. The van der Waals surface area contributed by atoms with Crippen LogP contribution < -0.4 is 4.18 Å². The van der Waals surface area contributed by atoms with Crippen LogP contribution in [-0.4, -0.2) is 13.3 Å². The molecule has 3 aromatic rings. The van der Waals surface area contributed by atoms with Gasteiger partial charge in [0.2, 0.25) is 0 Å². The molecule has 0 unspecified atom stereocenters. The molecule has 26 heavy (non-hydrogen) atoms. The van der Waals surface area contributed by atoms with Gasteiger partial charge in [-0.1, -0.05) is 6.07 Å². The van der Waals surface area contributed by atoms with Gasteiger partial charge in [0.05, 0.1) is 4.92 Å². The Morgan fingerprint density at radius 1 is 1.04 bits per heavy atom. The molecule has 0 N–H and O–H groups in total. The average molecular weight is 397 g/mol. The van der Waals surface area contributed by atoms with Crippen LogP contribution in [0.5, 0.6) is 5.75 Å². The van der Waals surface area contributed by atoms with Crippen LogP contribution in [0.15, 0.2) is 58.8 Å². The van der Waals surface area contributed by atoms with Crippen LogP contribution in [-0.2, 0) is 10.1 Å². The van der Waals surface area contributed by atoms with Crippen molar-refractivity contribution in [1.82, 2.24) is 0 Å². The fraction of sp³-hybridized carbons (Fsp3) is 0. The van der Waals surface area contributed by atoms with Crippen LogP contribution in [0.1, 0.15) is 0 Å². The second-order valence-corrected chi connectivity index (χ2v) is 7.55. The quantitative estimate of drug-likeness (QED) is 0.362. The first-order valence-electron chi connectivity index (χ1n) is 6.99. The van der Waals surface area contributed by atoms with Crippen molar-refractivity contribution in [3.8, 4) is 16.2 Å². The van der Waals surface area contributed by atoms with Gasteiger partial charge in [0.25, 0.3) is 5.69 Å². The fourth-order valence-corrected chi connectivity index (χ4v) is 3.91. The van der Waals surface area contributed by atoms with Gasteiger partial charge in [-0.15, -0.1) is 11.3 Å². The zero-order valence-electron chi connectivity index (χ0n) is 12.8. The van der Waals surface area contributed by atoms with E-state index in [2.05, 4.69) is 0 Å². The largest absolute Gasteiger partial charge is 0.378 e. The summed E-state index contributed by atoms with van der Waals surface area (Å²) in [6.45, 7) is 0. The summed E-state index contributed by atoms with van der Waals surface area (Å²) in [6.07, 6.45) is 0. The van der Waals surface area contributed by atoms with Gasteiger partial charge in [0, 0.05) is 28.6 Å². The second-order valence-electron chi connectivity index (χ2n) is 5.06. The Morgan fingerprint density at radius 3 is 2.31 bits per heavy atom. The summed E-state index contributed by atoms with van der Waals surface area (Å²) in [4.78, 5) is 10.2. The third kappa shape index (κ3) is 3.70. The predicted molar refractivity (Wildman–Crippen MR) is 90.6 cm³/mol. The van der Waals surface area contributed by atoms with E-state index in [-0.39, 0.29) is 17.0 Å². The second kappa shape index (κ2) is 6.81. The Balaban J connectivity index is 2.08. The Labute approximate surface area is 150 Å². The van der Waals surface area contributed by atoms with Crippen LogP contribution in [0.2, 0.25) is 0 Å². The van der Waals surface area contributed by atoms with Gasteiger partial charge < -0.3 is 4.18 Å². The van der Waals surface area contributed by atoms with E-state index in [1.165, 1.54) is 17.4 Å². The number of halogens is 2. The summed E-state index contributed by atoms with van der Waals surface area (Å²) >= 11 is 1.22. The maximum absolute atomic E-state index is 13.3. The van der Waals surface area contributed by atoms with Crippen LogP contribution in [0.3, 0.4) is 0 Å². The van der Waals surface area contributed by atoms with Crippen molar-refractivity contribution in [1.29, 1.82) is 0 Å². The van der Waals surface area contributed by atoms with Crippen molar-refractivity contribution in [2.45, 2.75) is 4.90 Å². The summed E-state index contributed by atoms with van der Waals surface area (Å²) in [7, 11) is -4.55. The van der Waals surface area contributed by atoms with E-state index in [0.29, 0.717) is 23.1 Å². The highest BCUT2D eigenvalue weighted by molar-refractivity contribution is 7.87. The molecule has 0 aliphatic rings. The minimum atomic E-state index is -4.55. The zero-order chi connectivity index (χ0) is 18.9. The predicted octanol–water partition coefficient (Wildman–Crippen LogP) is 4.37. The standard InChI is InChI=1S/C16H9F2NO5S2/c17-10-6-11(18)8-13(7-10)26(22,23)24-15-4-3-12(19(20)21)9-14(15)16-2-1-5-25-16/h1-9H. The number of nitrogens with zero attached hydrogens (tertiary/aromatic N) is 1. The molecule has 0 bridgehead atoms. The van der Waals surface area contributed by atoms with Crippen molar-refractivity contribution in [2.75, 3.05) is 0 Å². The van der Waals surface area contributed by atoms with Crippen LogP contribution in [0.4, 0.5) is 14.5 Å². The van der Waals surface area contributed by atoms with Crippen molar-refractivity contribution in [3.63, 3.8) is 0 Å². The van der Waals surface area contributed by atoms with Gasteiger partial charge in [-0.05, 0) is 29.6 Å². The summed E-state index contributed by atoms with van der Waals surface area (Å²) in [6, 6.07) is 8.45. The molecule has 6 nitrogen and oxygen atoms in total. The number of thiophene rings is 1. The summed E-state index contributed by atoms with van der Waals surface area (Å²) in [5, 5.41) is 12.7.